The summed E-state index contributed by atoms with van der Waals surface area (Å²) in [6, 6.07) is 1.26. The number of nitrogens with two attached hydrogens (primary N) is 1. The molecule has 0 spiro atoms. The normalized spacial score (nSPS) is 14.0. The lowest BCUT2D eigenvalue weighted by Crippen LogP contribution is -2.39. The van der Waals surface area contributed by atoms with Crippen molar-refractivity contribution in [2.45, 2.75) is 18.9 Å². The standard InChI is InChI=1S/C8H9F2NO2S/c1-4-2-3-5(14-4)6(11)8(9,10)7(12)13/h2-3,6H,11H2,1H3,(H,12,13). The molecule has 0 radical (unpaired) electrons. The summed E-state index contributed by atoms with van der Waals surface area (Å²) in [4.78, 5) is 11.2. The second-order valence-corrected chi connectivity index (χ2v) is 4.17. The van der Waals surface area contributed by atoms with Gasteiger partial charge >= 0.3 is 11.9 Å². The molecule has 0 bridgehead atoms. The second-order valence-electron chi connectivity index (χ2n) is 2.85. The predicted molar refractivity (Wildman–Crippen MR) is 48.6 cm³/mol. The Morgan fingerprint density at radius 2 is 2.21 bits per heavy atom. The lowest BCUT2D eigenvalue weighted by Gasteiger charge is -2.17. The first-order valence-electron chi connectivity index (χ1n) is 3.79. The third kappa shape index (κ3) is 1.91. The van der Waals surface area contributed by atoms with E-state index < -0.39 is 17.9 Å². The Balaban J connectivity index is 2.95. The summed E-state index contributed by atoms with van der Waals surface area (Å²) in [6.45, 7) is 1.74. The molecular weight excluding hydrogens is 212 g/mol. The minimum Gasteiger partial charge on any atom is -0.477 e. The smallest absolute Gasteiger partial charge is 0.376 e. The molecule has 14 heavy (non-hydrogen) atoms. The van der Waals surface area contributed by atoms with Gasteiger partial charge in [0.1, 0.15) is 6.04 Å². The summed E-state index contributed by atoms with van der Waals surface area (Å²) in [7, 11) is 0. The number of rotatable bonds is 3. The summed E-state index contributed by atoms with van der Waals surface area (Å²) in [5.74, 6) is -6.12. The topological polar surface area (TPSA) is 63.3 Å². The van der Waals surface area contributed by atoms with Gasteiger partial charge in [-0.25, -0.2) is 4.79 Å². The Hall–Kier alpha value is -1.01. The number of halogens is 2. The van der Waals surface area contributed by atoms with E-state index in [9.17, 15) is 13.6 Å². The van der Waals surface area contributed by atoms with Crippen LogP contribution in [-0.4, -0.2) is 17.0 Å². The van der Waals surface area contributed by atoms with Gasteiger partial charge in [0.2, 0.25) is 0 Å². The van der Waals surface area contributed by atoms with Crippen LogP contribution in [0.3, 0.4) is 0 Å². The molecule has 0 fully saturated rings. The number of aliphatic carboxylic acids is 1. The monoisotopic (exact) mass is 221 g/mol. The van der Waals surface area contributed by atoms with E-state index in [1.165, 1.54) is 6.07 Å². The van der Waals surface area contributed by atoms with E-state index in [0.29, 0.717) is 0 Å². The van der Waals surface area contributed by atoms with Crippen molar-refractivity contribution in [1.29, 1.82) is 0 Å². The molecule has 6 heteroatoms. The first kappa shape index (κ1) is 11.1. The molecule has 1 aromatic rings. The van der Waals surface area contributed by atoms with Crippen molar-refractivity contribution in [3.05, 3.63) is 21.9 Å². The van der Waals surface area contributed by atoms with Crippen LogP contribution in [0.5, 0.6) is 0 Å². The molecule has 1 aromatic heterocycles. The molecule has 3 nitrogen and oxygen atoms in total. The molecule has 0 aliphatic heterocycles. The van der Waals surface area contributed by atoms with E-state index in [4.69, 9.17) is 10.8 Å². The molecule has 3 N–H and O–H groups in total. The number of thiophene rings is 1. The van der Waals surface area contributed by atoms with Crippen molar-refractivity contribution in [2.24, 2.45) is 5.73 Å². The Morgan fingerprint density at radius 3 is 2.57 bits per heavy atom. The Bertz CT molecular complexity index is 351. The number of carboxylic acids is 1. The number of aryl methyl sites for hydroxylation is 1. The van der Waals surface area contributed by atoms with Gasteiger partial charge in [0.05, 0.1) is 0 Å². The fourth-order valence-electron chi connectivity index (χ4n) is 0.932. The number of alkyl halides is 2. The van der Waals surface area contributed by atoms with Crippen LogP contribution in [0, 0.1) is 6.92 Å². The Morgan fingerprint density at radius 1 is 1.64 bits per heavy atom. The minimum absolute atomic E-state index is 0.176. The molecule has 0 saturated heterocycles. The summed E-state index contributed by atoms with van der Waals surface area (Å²) in [5, 5.41) is 8.25. The molecule has 1 atom stereocenters. The van der Waals surface area contributed by atoms with Gasteiger partial charge in [-0.15, -0.1) is 11.3 Å². The van der Waals surface area contributed by atoms with Gasteiger partial charge in [-0.2, -0.15) is 8.78 Å². The van der Waals surface area contributed by atoms with Crippen molar-refractivity contribution in [3.63, 3.8) is 0 Å². The molecule has 1 rings (SSSR count). The Labute approximate surface area is 83.2 Å². The van der Waals surface area contributed by atoms with E-state index in [2.05, 4.69) is 0 Å². The number of carbonyl (C=O) groups is 1. The summed E-state index contributed by atoms with van der Waals surface area (Å²) in [6.07, 6.45) is 0. The molecule has 0 amide bonds. The maximum atomic E-state index is 12.9. The molecule has 1 unspecified atom stereocenters. The fourth-order valence-corrected chi connectivity index (χ4v) is 1.85. The predicted octanol–water partition coefficient (Wildman–Crippen LogP) is 1.78. The largest absolute Gasteiger partial charge is 0.477 e. The highest BCUT2D eigenvalue weighted by Gasteiger charge is 2.46. The van der Waals surface area contributed by atoms with Gasteiger partial charge < -0.3 is 10.8 Å². The lowest BCUT2D eigenvalue weighted by atomic mass is 10.1. The van der Waals surface area contributed by atoms with Crippen molar-refractivity contribution in [3.8, 4) is 0 Å². The molecule has 0 aromatic carbocycles. The van der Waals surface area contributed by atoms with E-state index in [-0.39, 0.29) is 4.88 Å². The molecule has 0 aliphatic carbocycles. The molecule has 78 valence electrons. The van der Waals surface area contributed by atoms with Crippen LogP contribution in [0.1, 0.15) is 15.8 Å². The van der Waals surface area contributed by atoms with Crippen LogP contribution >= 0.6 is 11.3 Å². The van der Waals surface area contributed by atoms with E-state index in [0.717, 1.165) is 16.2 Å². The summed E-state index contributed by atoms with van der Waals surface area (Å²) >= 11 is 1.07. The third-order valence-corrected chi connectivity index (χ3v) is 2.83. The maximum Gasteiger partial charge on any atom is 0.376 e. The van der Waals surface area contributed by atoms with Crippen molar-refractivity contribution >= 4 is 17.3 Å². The molecule has 0 aliphatic rings. The zero-order valence-electron chi connectivity index (χ0n) is 7.33. The number of hydrogen-bond donors (Lipinski definition) is 2. The summed E-state index contributed by atoms with van der Waals surface area (Å²) in [5.41, 5.74) is 5.17. The minimum atomic E-state index is -3.92. The van der Waals surface area contributed by atoms with Crippen molar-refractivity contribution < 1.29 is 18.7 Å². The van der Waals surface area contributed by atoms with Gasteiger partial charge in [-0.3, -0.25) is 0 Å². The molecular formula is C8H9F2NO2S. The van der Waals surface area contributed by atoms with Crippen LogP contribution < -0.4 is 5.73 Å². The lowest BCUT2D eigenvalue weighted by molar-refractivity contribution is -0.168. The molecule has 0 saturated carbocycles. The maximum absolute atomic E-state index is 12.9. The number of carboxylic acid groups (broad SMARTS) is 1. The summed E-state index contributed by atoms with van der Waals surface area (Å²) < 4.78 is 25.8. The van der Waals surface area contributed by atoms with E-state index in [1.807, 2.05) is 0 Å². The van der Waals surface area contributed by atoms with E-state index in [1.54, 1.807) is 13.0 Å². The van der Waals surface area contributed by atoms with Crippen LogP contribution in [0.2, 0.25) is 0 Å². The van der Waals surface area contributed by atoms with Crippen molar-refractivity contribution in [2.75, 3.05) is 0 Å². The zero-order chi connectivity index (χ0) is 10.9. The van der Waals surface area contributed by atoms with Gasteiger partial charge in [0.15, 0.2) is 0 Å². The quantitative estimate of drug-likeness (QED) is 0.817. The average Bonchev–Trinajstić information content (AvgIpc) is 2.50. The van der Waals surface area contributed by atoms with Crippen LogP contribution in [0.25, 0.3) is 0 Å². The highest BCUT2D eigenvalue weighted by Crippen LogP contribution is 2.33. The van der Waals surface area contributed by atoms with Crippen molar-refractivity contribution in [1.82, 2.24) is 0 Å². The Kier molecular flexibility index (Phi) is 2.86. The first-order valence-corrected chi connectivity index (χ1v) is 4.60. The van der Waals surface area contributed by atoms with Gasteiger partial charge in [0.25, 0.3) is 0 Å². The van der Waals surface area contributed by atoms with Crippen LogP contribution in [-0.2, 0) is 4.79 Å². The second kappa shape index (κ2) is 3.62. The van der Waals surface area contributed by atoms with Gasteiger partial charge in [-0.1, -0.05) is 0 Å². The number of hydrogen-bond acceptors (Lipinski definition) is 3. The SMILES string of the molecule is Cc1ccc(C(N)C(F)(F)C(=O)O)s1. The highest BCUT2D eigenvalue weighted by molar-refractivity contribution is 7.12. The van der Waals surface area contributed by atoms with E-state index >= 15 is 0 Å². The fraction of sp³-hybridized carbons (Fsp3) is 0.375. The third-order valence-electron chi connectivity index (χ3n) is 1.74. The molecule has 1 heterocycles. The van der Waals surface area contributed by atoms with Crippen LogP contribution in [0.4, 0.5) is 8.78 Å². The first-order chi connectivity index (χ1) is 6.35. The van der Waals surface area contributed by atoms with Gasteiger partial charge in [-0.05, 0) is 19.1 Å². The van der Waals surface area contributed by atoms with Crippen LogP contribution in [0.15, 0.2) is 12.1 Å². The van der Waals surface area contributed by atoms with Gasteiger partial charge in [0, 0.05) is 9.75 Å². The highest BCUT2D eigenvalue weighted by atomic mass is 32.1. The average molecular weight is 221 g/mol. The zero-order valence-corrected chi connectivity index (χ0v) is 8.15.